The summed E-state index contributed by atoms with van der Waals surface area (Å²) in [6.07, 6.45) is 6.13. The lowest BCUT2D eigenvalue weighted by Crippen LogP contribution is -2.78. The molecule has 2 atom stereocenters. The number of hydrogen-bond acceptors (Lipinski definition) is 8. The number of hydrogen-bond donors (Lipinski definition) is 2. The molecule has 1 aromatic heterocycles. The first-order chi connectivity index (χ1) is 21.7. The lowest BCUT2D eigenvalue weighted by atomic mass is 9.38. The number of carbonyl (C=O) groups excluding carboxylic acids is 2. The summed E-state index contributed by atoms with van der Waals surface area (Å²) >= 11 is 1.39. The number of piperazine rings is 1. The molecular weight excluding hydrogens is 597 g/mol. The van der Waals surface area contributed by atoms with Gasteiger partial charge in [0, 0.05) is 68.6 Å². The van der Waals surface area contributed by atoms with E-state index >= 15 is 0 Å². The molecule has 2 bridgehead atoms. The predicted octanol–water partition coefficient (Wildman–Crippen LogP) is 2.99. The average Bonchev–Trinajstić information content (AvgIpc) is 3.76. The molecule has 3 saturated heterocycles. The number of nitrogens with one attached hydrogen (secondary N) is 1. The number of halogens is 1. The van der Waals surface area contributed by atoms with Crippen molar-refractivity contribution in [2.45, 2.75) is 56.7 Å². The van der Waals surface area contributed by atoms with Crippen molar-refractivity contribution in [2.24, 2.45) is 10.4 Å². The molecule has 2 aromatic rings. The van der Waals surface area contributed by atoms with Gasteiger partial charge >= 0.3 is 12.0 Å². The minimum atomic E-state index is -1.12. The summed E-state index contributed by atoms with van der Waals surface area (Å²) in [7, 11) is 0. The van der Waals surface area contributed by atoms with Gasteiger partial charge in [-0.3, -0.25) is 14.7 Å². The highest BCUT2D eigenvalue weighted by molar-refractivity contribution is 7.11. The molecule has 4 aliphatic heterocycles. The SMILES string of the molecule is Cc1c(F)cccc1[C@@H]1N=C(c2nccs2)NC(CN2CCN3C(=O)N(C45CC(C(=O)N6CCCC6)(C4)C5)C[C@@H]3C2)=C1C(=O)O. The van der Waals surface area contributed by atoms with Crippen molar-refractivity contribution in [1.29, 1.82) is 0 Å². The zero-order chi connectivity index (χ0) is 31.1. The second kappa shape index (κ2) is 10.3. The fourth-order valence-electron chi connectivity index (χ4n) is 8.60. The summed E-state index contributed by atoms with van der Waals surface area (Å²) in [5.74, 6) is -0.784. The van der Waals surface area contributed by atoms with Crippen LogP contribution in [0.2, 0.25) is 0 Å². The third kappa shape index (κ3) is 4.41. The number of likely N-dealkylation sites (tertiary alicyclic amines) is 1. The maximum Gasteiger partial charge on any atom is 0.335 e. The molecule has 3 saturated carbocycles. The molecule has 2 N–H and O–H groups in total. The summed E-state index contributed by atoms with van der Waals surface area (Å²) in [5.41, 5.74) is 0.972. The van der Waals surface area contributed by atoms with E-state index in [9.17, 15) is 23.9 Å². The van der Waals surface area contributed by atoms with Crippen LogP contribution >= 0.6 is 11.3 Å². The highest BCUT2D eigenvalue weighted by atomic mass is 32.1. The van der Waals surface area contributed by atoms with E-state index in [1.54, 1.807) is 25.3 Å². The predicted molar refractivity (Wildman–Crippen MR) is 164 cm³/mol. The highest BCUT2D eigenvalue weighted by Crippen LogP contribution is 2.71. The summed E-state index contributed by atoms with van der Waals surface area (Å²) in [5, 5.41) is 16.2. The Morgan fingerprint density at radius 1 is 1.13 bits per heavy atom. The van der Waals surface area contributed by atoms with Crippen molar-refractivity contribution in [1.82, 2.24) is 29.9 Å². The van der Waals surface area contributed by atoms with Gasteiger partial charge in [0.2, 0.25) is 5.91 Å². The maximum atomic E-state index is 14.6. The normalized spacial score (nSPS) is 30.9. The van der Waals surface area contributed by atoms with Crippen LogP contribution in [0.4, 0.5) is 9.18 Å². The van der Waals surface area contributed by atoms with Gasteiger partial charge in [-0.2, -0.15) is 0 Å². The highest BCUT2D eigenvalue weighted by Gasteiger charge is 2.76. The van der Waals surface area contributed by atoms with Crippen molar-refractivity contribution in [3.8, 4) is 0 Å². The average molecular weight is 634 g/mol. The van der Waals surface area contributed by atoms with Gasteiger partial charge in [-0.1, -0.05) is 12.1 Å². The van der Waals surface area contributed by atoms with E-state index in [0.29, 0.717) is 60.4 Å². The first-order valence-corrected chi connectivity index (χ1v) is 16.6. The number of aliphatic carboxylic acids is 1. The zero-order valence-electron chi connectivity index (χ0n) is 25.2. The Hall–Kier alpha value is -3.84. The molecule has 7 aliphatic rings. The number of fused-ring (bicyclic) bond motifs is 1. The van der Waals surface area contributed by atoms with Crippen LogP contribution in [0.1, 0.15) is 54.3 Å². The number of thiazole rings is 1. The van der Waals surface area contributed by atoms with Gasteiger partial charge in [-0.25, -0.2) is 19.0 Å². The van der Waals surface area contributed by atoms with Crippen LogP contribution in [-0.2, 0) is 9.59 Å². The van der Waals surface area contributed by atoms with Crippen molar-refractivity contribution >= 4 is 35.1 Å². The first kappa shape index (κ1) is 28.6. The van der Waals surface area contributed by atoms with Crippen LogP contribution in [0.25, 0.3) is 0 Å². The molecular formula is C32H36FN7O4S. The second-order valence-electron chi connectivity index (χ2n) is 13.5. The number of carbonyl (C=O) groups is 3. The molecule has 0 unspecified atom stereocenters. The van der Waals surface area contributed by atoms with E-state index in [4.69, 9.17) is 4.99 Å². The molecule has 0 radical (unpaired) electrons. The Morgan fingerprint density at radius 3 is 2.62 bits per heavy atom. The van der Waals surface area contributed by atoms with E-state index in [1.807, 2.05) is 20.1 Å². The van der Waals surface area contributed by atoms with Gasteiger partial charge in [0.15, 0.2) is 10.8 Å². The van der Waals surface area contributed by atoms with E-state index < -0.39 is 17.8 Å². The molecule has 3 aliphatic carbocycles. The monoisotopic (exact) mass is 633 g/mol. The molecule has 5 heterocycles. The molecule has 9 rings (SSSR count). The Balaban J connectivity index is 1.01. The summed E-state index contributed by atoms with van der Waals surface area (Å²) in [6, 6.07) is 3.80. The van der Waals surface area contributed by atoms with Gasteiger partial charge in [0.1, 0.15) is 11.9 Å². The van der Waals surface area contributed by atoms with Gasteiger partial charge < -0.3 is 25.1 Å². The molecule has 236 valence electrons. The first-order valence-electron chi connectivity index (χ1n) is 15.7. The van der Waals surface area contributed by atoms with Gasteiger partial charge in [0.25, 0.3) is 0 Å². The van der Waals surface area contributed by atoms with Gasteiger partial charge in [0.05, 0.1) is 17.0 Å². The fraction of sp³-hybridized carbons (Fsp3) is 0.531. The number of carboxylic acid groups (broad SMARTS) is 1. The standard InChI is InChI=1S/C32H36FN7O4S/c1-19-21(5-4-6-22(19)33)25-24(28(41)42)23(35-26(36-25)27-34-7-12-45-27)15-37-10-11-39-20(13-37)14-40(30(39)44)32-16-31(17-32,18-32)29(43)38-8-2-3-9-38/h4-7,12,20,25H,2-3,8-11,13-18H2,1H3,(H,35,36)(H,41,42)/t20-,25-,31?,32?/m0/s1. The van der Waals surface area contributed by atoms with E-state index in [-0.39, 0.29) is 34.5 Å². The topological polar surface area (TPSA) is 122 Å². The Kier molecular flexibility index (Phi) is 6.58. The summed E-state index contributed by atoms with van der Waals surface area (Å²) in [4.78, 5) is 56.8. The van der Waals surface area contributed by atoms with E-state index in [1.165, 1.54) is 17.4 Å². The van der Waals surface area contributed by atoms with E-state index in [0.717, 1.165) is 45.2 Å². The van der Waals surface area contributed by atoms with Crippen LogP contribution in [0.15, 0.2) is 46.0 Å². The summed E-state index contributed by atoms with van der Waals surface area (Å²) in [6.45, 7) is 6.01. The smallest absolute Gasteiger partial charge is 0.335 e. The Bertz CT molecular complexity index is 1630. The minimum absolute atomic E-state index is 0.0173. The maximum absolute atomic E-state index is 14.6. The second-order valence-corrected chi connectivity index (χ2v) is 14.4. The molecule has 6 fully saturated rings. The van der Waals surface area contributed by atoms with Crippen molar-refractivity contribution in [3.63, 3.8) is 0 Å². The van der Waals surface area contributed by atoms with Crippen molar-refractivity contribution in [2.75, 3.05) is 45.8 Å². The molecule has 13 heteroatoms. The molecule has 0 spiro atoms. The number of amides is 3. The number of carboxylic acids is 1. The largest absolute Gasteiger partial charge is 0.478 e. The summed E-state index contributed by atoms with van der Waals surface area (Å²) < 4.78 is 14.6. The number of benzene rings is 1. The molecule has 45 heavy (non-hydrogen) atoms. The number of aromatic nitrogens is 1. The Morgan fingerprint density at radius 2 is 1.91 bits per heavy atom. The number of amidine groups is 1. The lowest BCUT2D eigenvalue weighted by molar-refractivity contribution is -0.212. The molecule has 11 nitrogen and oxygen atoms in total. The number of aliphatic imine (C=N–C) groups is 1. The van der Waals surface area contributed by atoms with Gasteiger partial charge in [-0.05, 0) is 56.2 Å². The zero-order valence-corrected chi connectivity index (χ0v) is 26.0. The van der Waals surface area contributed by atoms with Crippen molar-refractivity contribution < 1.29 is 23.9 Å². The Labute approximate surface area is 264 Å². The minimum Gasteiger partial charge on any atom is -0.478 e. The van der Waals surface area contributed by atoms with E-state index in [2.05, 4.69) is 15.2 Å². The number of urea groups is 1. The number of nitrogens with zero attached hydrogens (tertiary/aromatic N) is 6. The van der Waals surface area contributed by atoms with Crippen LogP contribution in [0.3, 0.4) is 0 Å². The lowest BCUT2D eigenvalue weighted by Gasteiger charge is -2.72. The van der Waals surface area contributed by atoms with Crippen LogP contribution < -0.4 is 5.32 Å². The van der Waals surface area contributed by atoms with Crippen LogP contribution in [0.5, 0.6) is 0 Å². The van der Waals surface area contributed by atoms with Crippen LogP contribution in [0, 0.1) is 18.2 Å². The third-order valence-electron chi connectivity index (χ3n) is 10.8. The quantitative estimate of drug-likeness (QED) is 0.481. The number of rotatable bonds is 7. The van der Waals surface area contributed by atoms with Gasteiger partial charge in [-0.15, -0.1) is 11.3 Å². The molecule has 3 amide bonds. The fourth-order valence-corrected chi connectivity index (χ4v) is 9.19. The van der Waals surface area contributed by atoms with Crippen molar-refractivity contribution in [3.05, 3.63) is 63.0 Å². The molecule has 1 aromatic carbocycles. The third-order valence-corrected chi connectivity index (χ3v) is 11.6. The van der Waals surface area contributed by atoms with Crippen LogP contribution in [-0.4, -0.2) is 111 Å².